The summed E-state index contributed by atoms with van der Waals surface area (Å²) in [4.78, 5) is 11.8. The fourth-order valence-electron chi connectivity index (χ4n) is 1.90. The van der Waals surface area contributed by atoms with E-state index in [0.29, 0.717) is 11.6 Å². The van der Waals surface area contributed by atoms with Gasteiger partial charge in [-0.15, -0.1) is 0 Å². The Morgan fingerprint density at radius 3 is 2.70 bits per heavy atom. The Hall–Kier alpha value is -1.84. The van der Waals surface area contributed by atoms with Crippen LogP contribution in [0.25, 0.3) is 0 Å². The van der Waals surface area contributed by atoms with Crippen LogP contribution in [0.2, 0.25) is 5.02 Å². The van der Waals surface area contributed by atoms with Crippen molar-refractivity contribution in [2.45, 2.75) is 13.5 Å². The zero-order valence-corrected chi connectivity index (χ0v) is 12.1. The summed E-state index contributed by atoms with van der Waals surface area (Å²) >= 11 is 5.90. The second-order valence-electron chi connectivity index (χ2n) is 4.65. The molecule has 0 aliphatic heterocycles. The van der Waals surface area contributed by atoms with Crippen molar-refractivity contribution in [2.75, 3.05) is 11.9 Å². The van der Waals surface area contributed by atoms with Gasteiger partial charge in [-0.05, 0) is 42.3 Å². The molecule has 1 amide bonds. The third-order valence-electron chi connectivity index (χ3n) is 2.81. The third-order valence-corrected chi connectivity index (χ3v) is 3.04. The van der Waals surface area contributed by atoms with Crippen molar-refractivity contribution in [1.29, 1.82) is 0 Å². The summed E-state index contributed by atoms with van der Waals surface area (Å²) in [5, 5.41) is 6.65. The number of amides is 1. The lowest BCUT2D eigenvalue weighted by atomic mass is 10.2. The number of carbonyl (C=O) groups is 1. The molecule has 0 fully saturated rings. The van der Waals surface area contributed by atoms with Gasteiger partial charge in [0, 0.05) is 17.3 Å². The van der Waals surface area contributed by atoms with Crippen LogP contribution in [0.1, 0.15) is 11.1 Å². The molecule has 0 saturated heterocycles. The summed E-state index contributed by atoms with van der Waals surface area (Å²) in [5.41, 5.74) is 3.00. The summed E-state index contributed by atoms with van der Waals surface area (Å²) in [6.45, 7) is 2.87. The quantitative estimate of drug-likeness (QED) is 0.885. The van der Waals surface area contributed by atoms with Gasteiger partial charge in [0.1, 0.15) is 0 Å². The van der Waals surface area contributed by atoms with Gasteiger partial charge in [0.15, 0.2) is 0 Å². The van der Waals surface area contributed by atoms with Gasteiger partial charge < -0.3 is 10.6 Å². The molecule has 0 spiro atoms. The lowest BCUT2D eigenvalue weighted by molar-refractivity contribution is -0.115. The van der Waals surface area contributed by atoms with Crippen molar-refractivity contribution in [3.63, 3.8) is 0 Å². The van der Waals surface area contributed by atoms with Gasteiger partial charge in [0.05, 0.1) is 6.54 Å². The van der Waals surface area contributed by atoms with Crippen molar-refractivity contribution in [1.82, 2.24) is 5.32 Å². The van der Waals surface area contributed by atoms with E-state index in [4.69, 9.17) is 11.6 Å². The van der Waals surface area contributed by atoms with Crippen molar-refractivity contribution < 1.29 is 4.79 Å². The average Bonchev–Trinajstić information content (AvgIpc) is 2.38. The number of anilines is 1. The first-order chi connectivity index (χ1) is 9.63. The van der Waals surface area contributed by atoms with Crippen LogP contribution in [0.5, 0.6) is 0 Å². The first kappa shape index (κ1) is 14.6. The Morgan fingerprint density at radius 2 is 1.95 bits per heavy atom. The topological polar surface area (TPSA) is 41.1 Å². The van der Waals surface area contributed by atoms with Crippen LogP contribution in [0.4, 0.5) is 5.69 Å². The van der Waals surface area contributed by atoms with Crippen molar-refractivity contribution >= 4 is 23.2 Å². The number of halogens is 1. The van der Waals surface area contributed by atoms with Crippen LogP contribution >= 0.6 is 11.6 Å². The second kappa shape index (κ2) is 7.08. The standard InChI is InChI=1S/C16H17ClN2O/c1-12-4-2-7-15(8-12)19-16(20)11-18-10-13-5-3-6-14(17)9-13/h2-9,18H,10-11H2,1H3,(H,19,20). The van der Waals surface area contributed by atoms with Gasteiger partial charge in [-0.2, -0.15) is 0 Å². The molecule has 4 heteroatoms. The third kappa shape index (κ3) is 4.68. The molecule has 0 heterocycles. The molecule has 0 unspecified atom stereocenters. The molecule has 3 nitrogen and oxygen atoms in total. The van der Waals surface area contributed by atoms with Crippen molar-refractivity contribution in [3.8, 4) is 0 Å². The van der Waals surface area contributed by atoms with E-state index >= 15 is 0 Å². The molecule has 0 radical (unpaired) electrons. The molecule has 0 saturated carbocycles. The normalized spacial score (nSPS) is 10.3. The first-order valence-electron chi connectivity index (χ1n) is 6.45. The highest BCUT2D eigenvalue weighted by Crippen LogP contribution is 2.10. The van der Waals surface area contributed by atoms with Crippen molar-refractivity contribution in [2.24, 2.45) is 0 Å². The summed E-state index contributed by atoms with van der Waals surface area (Å²) in [5.74, 6) is -0.0578. The number of hydrogen-bond donors (Lipinski definition) is 2. The summed E-state index contributed by atoms with van der Waals surface area (Å²) in [7, 11) is 0. The summed E-state index contributed by atoms with van der Waals surface area (Å²) in [6.07, 6.45) is 0. The van der Waals surface area contributed by atoms with E-state index in [2.05, 4.69) is 10.6 Å². The predicted octanol–water partition coefficient (Wildman–Crippen LogP) is 3.38. The molecule has 0 aliphatic rings. The van der Waals surface area contributed by atoms with Crippen LogP contribution in [0.3, 0.4) is 0 Å². The maximum absolute atomic E-state index is 11.8. The highest BCUT2D eigenvalue weighted by molar-refractivity contribution is 6.30. The van der Waals surface area contributed by atoms with E-state index in [1.54, 1.807) is 0 Å². The van der Waals surface area contributed by atoms with Crippen LogP contribution in [-0.2, 0) is 11.3 Å². The lowest BCUT2D eigenvalue weighted by Gasteiger charge is -2.07. The van der Waals surface area contributed by atoms with E-state index < -0.39 is 0 Å². The number of aryl methyl sites for hydroxylation is 1. The zero-order chi connectivity index (χ0) is 14.4. The Balaban J connectivity index is 1.78. The lowest BCUT2D eigenvalue weighted by Crippen LogP contribution is -2.27. The number of benzene rings is 2. The molecule has 2 aromatic carbocycles. The Labute approximate surface area is 124 Å². The monoisotopic (exact) mass is 288 g/mol. The minimum Gasteiger partial charge on any atom is -0.325 e. The highest BCUT2D eigenvalue weighted by atomic mass is 35.5. The molecule has 104 valence electrons. The zero-order valence-electron chi connectivity index (χ0n) is 11.3. The predicted molar refractivity (Wildman–Crippen MR) is 83.0 cm³/mol. The Morgan fingerprint density at radius 1 is 1.15 bits per heavy atom. The largest absolute Gasteiger partial charge is 0.325 e. The molecular weight excluding hydrogens is 272 g/mol. The smallest absolute Gasteiger partial charge is 0.238 e. The molecule has 0 aromatic heterocycles. The van der Waals surface area contributed by atoms with Gasteiger partial charge in [-0.25, -0.2) is 0 Å². The van der Waals surface area contributed by atoms with E-state index in [-0.39, 0.29) is 12.5 Å². The maximum Gasteiger partial charge on any atom is 0.238 e. The molecule has 0 aliphatic carbocycles. The van der Waals surface area contributed by atoms with E-state index in [1.807, 2.05) is 55.5 Å². The van der Waals surface area contributed by atoms with Gasteiger partial charge in [0.2, 0.25) is 5.91 Å². The van der Waals surface area contributed by atoms with Gasteiger partial charge in [-0.1, -0.05) is 35.9 Å². The molecule has 20 heavy (non-hydrogen) atoms. The van der Waals surface area contributed by atoms with Crippen LogP contribution in [0.15, 0.2) is 48.5 Å². The minimum absolute atomic E-state index is 0.0578. The van der Waals surface area contributed by atoms with E-state index in [0.717, 1.165) is 16.8 Å². The van der Waals surface area contributed by atoms with Crippen molar-refractivity contribution in [3.05, 3.63) is 64.7 Å². The Kier molecular flexibility index (Phi) is 5.16. The summed E-state index contributed by atoms with van der Waals surface area (Å²) < 4.78 is 0. The van der Waals surface area contributed by atoms with Crippen LogP contribution < -0.4 is 10.6 Å². The van der Waals surface area contributed by atoms with E-state index in [9.17, 15) is 4.79 Å². The Bertz CT molecular complexity index is 599. The number of nitrogens with one attached hydrogen (secondary N) is 2. The number of hydrogen-bond acceptors (Lipinski definition) is 2. The first-order valence-corrected chi connectivity index (χ1v) is 6.83. The van der Waals surface area contributed by atoms with E-state index in [1.165, 1.54) is 0 Å². The second-order valence-corrected chi connectivity index (χ2v) is 5.09. The molecule has 2 N–H and O–H groups in total. The SMILES string of the molecule is Cc1cccc(NC(=O)CNCc2cccc(Cl)c2)c1. The fourth-order valence-corrected chi connectivity index (χ4v) is 2.11. The molecule has 0 atom stereocenters. The molecule has 0 bridgehead atoms. The highest BCUT2D eigenvalue weighted by Gasteiger charge is 2.02. The maximum atomic E-state index is 11.8. The van der Waals surface area contributed by atoms with Gasteiger partial charge >= 0.3 is 0 Å². The fraction of sp³-hybridized carbons (Fsp3) is 0.188. The number of rotatable bonds is 5. The van der Waals surface area contributed by atoms with Gasteiger partial charge in [-0.3, -0.25) is 4.79 Å². The number of carbonyl (C=O) groups excluding carboxylic acids is 1. The molecular formula is C16H17ClN2O. The average molecular weight is 289 g/mol. The van der Waals surface area contributed by atoms with Gasteiger partial charge in [0.25, 0.3) is 0 Å². The van der Waals surface area contributed by atoms with Crippen LogP contribution in [-0.4, -0.2) is 12.5 Å². The van der Waals surface area contributed by atoms with Crippen LogP contribution in [0, 0.1) is 6.92 Å². The molecule has 2 rings (SSSR count). The molecule has 2 aromatic rings. The summed E-state index contributed by atoms with van der Waals surface area (Å²) in [6, 6.07) is 15.3. The minimum atomic E-state index is -0.0578.